The maximum atomic E-state index is 10.7. The Hall–Kier alpha value is -0.620. The number of hydrogen-bond donors (Lipinski definition) is 2. The molecule has 0 amide bonds. The molecule has 0 spiro atoms. The zero-order valence-corrected chi connectivity index (χ0v) is 9.14. The minimum absolute atomic E-state index is 0.359. The molecule has 0 heterocycles. The summed E-state index contributed by atoms with van der Waals surface area (Å²) in [6.45, 7) is 1.70. The Bertz CT molecular complexity index is 402. The smallest absolute Gasteiger partial charge is 0.216 e. The van der Waals surface area contributed by atoms with E-state index in [4.69, 9.17) is 16.7 Å². The molecule has 0 saturated carbocycles. The van der Waals surface area contributed by atoms with E-state index >= 15 is 0 Å². The van der Waals surface area contributed by atoms with E-state index in [2.05, 4.69) is 4.72 Å². The molecule has 0 aliphatic heterocycles. The molecule has 14 heavy (non-hydrogen) atoms. The fraction of sp³-hybridized carbons (Fsp3) is 0.250. The summed E-state index contributed by atoms with van der Waals surface area (Å²) in [5.74, 6) is 0. The quantitative estimate of drug-likeness (QED) is 0.825. The standard InChI is InChI=1S/C8H11ClN2O2S/c1-6(11-14(10,12)13)7-2-4-8(9)5-3-7/h2-6,11H,1H3,(H2,10,12,13). The van der Waals surface area contributed by atoms with Crippen LogP contribution in [0.4, 0.5) is 0 Å². The Morgan fingerprint density at radius 2 is 1.86 bits per heavy atom. The van der Waals surface area contributed by atoms with Gasteiger partial charge in [0, 0.05) is 11.1 Å². The van der Waals surface area contributed by atoms with Crippen LogP contribution in [-0.2, 0) is 10.2 Å². The van der Waals surface area contributed by atoms with Crippen LogP contribution in [0, 0.1) is 0 Å². The molecule has 0 saturated heterocycles. The van der Waals surface area contributed by atoms with Crippen LogP contribution in [0.3, 0.4) is 0 Å². The summed E-state index contributed by atoms with van der Waals surface area (Å²) in [5.41, 5.74) is 0.809. The van der Waals surface area contributed by atoms with Crippen LogP contribution in [0.25, 0.3) is 0 Å². The third kappa shape index (κ3) is 3.63. The van der Waals surface area contributed by atoms with E-state index in [-0.39, 0.29) is 6.04 Å². The van der Waals surface area contributed by atoms with Crippen LogP contribution in [0.2, 0.25) is 5.02 Å². The minimum Gasteiger partial charge on any atom is -0.216 e. The maximum Gasteiger partial charge on any atom is 0.274 e. The molecule has 0 aliphatic rings. The monoisotopic (exact) mass is 234 g/mol. The van der Waals surface area contributed by atoms with E-state index in [1.807, 2.05) is 0 Å². The molecule has 0 fully saturated rings. The largest absolute Gasteiger partial charge is 0.274 e. The zero-order chi connectivity index (χ0) is 10.8. The molecule has 0 aliphatic carbocycles. The molecule has 1 atom stereocenters. The van der Waals surface area contributed by atoms with Gasteiger partial charge in [-0.05, 0) is 24.6 Å². The van der Waals surface area contributed by atoms with Gasteiger partial charge < -0.3 is 0 Å². The molecule has 78 valence electrons. The van der Waals surface area contributed by atoms with Crippen LogP contribution in [0.15, 0.2) is 24.3 Å². The molecule has 1 unspecified atom stereocenters. The van der Waals surface area contributed by atoms with Gasteiger partial charge in [0.15, 0.2) is 0 Å². The number of hydrogen-bond acceptors (Lipinski definition) is 2. The molecule has 1 rings (SSSR count). The van der Waals surface area contributed by atoms with Crippen LogP contribution >= 0.6 is 11.6 Å². The third-order valence-corrected chi connectivity index (χ3v) is 2.65. The summed E-state index contributed by atoms with van der Waals surface area (Å²) in [6, 6.07) is 6.51. The maximum absolute atomic E-state index is 10.7. The summed E-state index contributed by atoms with van der Waals surface area (Å²) >= 11 is 5.69. The molecule has 0 radical (unpaired) electrons. The van der Waals surface area contributed by atoms with Crippen LogP contribution in [-0.4, -0.2) is 8.42 Å². The number of benzene rings is 1. The highest BCUT2D eigenvalue weighted by molar-refractivity contribution is 7.87. The van der Waals surface area contributed by atoms with Gasteiger partial charge in [0.25, 0.3) is 10.2 Å². The SMILES string of the molecule is CC(NS(N)(=O)=O)c1ccc(Cl)cc1. The molecule has 0 aromatic heterocycles. The molecular weight excluding hydrogens is 224 g/mol. The van der Waals surface area contributed by atoms with Gasteiger partial charge in [-0.1, -0.05) is 23.7 Å². The van der Waals surface area contributed by atoms with Gasteiger partial charge in [-0.25, -0.2) is 5.14 Å². The average molecular weight is 235 g/mol. The van der Waals surface area contributed by atoms with Gasteiger partial charge in [-0.3, -0.25) is 0 Å². The summed E-state index contributed by atoms with van der Waals surface area (Å²) in [6.07, 6.45) is 0. The molecule has 1 aromatic rings. The average Bonchev–Trinajstić information content (AvgIpc) is 2.02. The van der Waals surface area contributed by atoms with Crippen molar-refractivity contribution in [3.63, 3.8) is 0 Å². The fourth-order valence-corrected chi connectivity index (χ4v) is 1.82. The van der Waals surface area contributed by atoms with Crippen molar-refractivity contribution in [1.29, 1.82) is 0 Å². The Balaban J connectivity index is 2.80. The van der Waals surface area contributed by atoms with Crippen molar-refractivity contribution in [3.8, 4) is 0 Å². The van der Waals surface area contributed by atoms with Gasteiger partial charge in [0.2, 0.25) is 0 Å². The third-order valence-electron chi connectivity index (χ3n) is 1.71. The summed E-state index contributed by atoms with van der Waals surface area (Å²) in [5, 5.41) is 5.45. The lowest BCUT2D eigenvalue weighted by molar-refractivity contribution is 0.568. The Labute approximate surface area is 88.3 Å². The van der Waals surface area contributed by atoms with E-state index in [1.54, 1.807) is 31.2 Å². The van der Waals surface area contributed by atoms with E-state index < -0.39 is 10.2 Å². The van der Waals surface area contributed by atoms with Gasteiger partial charge in [-0.15, -0.1) is 0 Å². The number of nitrogens with two attached hydrogens (primary N) is 1. The van der Waals surface area contributed by atoms with Crippen molar-refractivity contribution in [1.82, 2.24) is 4.72 Å². The lowest BCUT2D eigenvalue weighted by Gasteiger charge is -2.11. The number of rotatable bonds is 3. The normalized spacial score (nSPS) is 13.9. The highest BCUT2D eigenvalue weighted by Crippen LogP contribution is 2.15. The van der Waals surface area contributed by atoms with Crippen LogP contribution in [0.5, 0.6) is 0 Å². The fourth-order valence-electron chi connectivity index (χ4n) is 1.07. The van der Waals surface area contributed by atoms with Gasteiger partial charge in [-0.2, -0.15) is 13.1 Å². The summed E-state index contributed by atoms with van der Waals surface area (Å²) in [7, 11) is -3.66. The zero-order valence-electron chi connectivity index (χ0n) is 7.57. The first kappa shape index (κ1) is 11.5. The Morgan fingerprint density at radius 1 is 1.36 bits per heavy atom. The molecule has 0 bridgehead atoms. The number of nitrogens with one attached hydrogen (secondary N) is 1. The van der Waals surface area contributed by atoms with E-state index in [0.29, 0.717) is 5.02 Å². The lowest BCUT2D eigenvalue weighted by atomic mass is 10.1. The Morgan fingerprint density at radius 3 is 2.29 bits per heavy atom. The van der Waals surface area contributed by atoms with Crippen molar-refractivity contribution in [2.75, 3.05) is 0 Å². The van der Waals surface area contributed by atoms with Crippen molar-refractivity contribution < 1.29 is 8.42 Å². The number of halogens is 1. The summed E-state index contributed by atoms with van der Waals surface area (Å²) in [4.78, 5) is 0. The van der Waals surface area contributed by atoms with Gasteiger partial charge in [0.1, 0.15) is 0 Å². The lowest BCUT2D eigenvalue weighted by Crippen LogP contribution is -2.32. The van der Waals surface area contributed by atoms with E-state index in [1.165, 1.54) is 0 Å². The highest BCUT2D eigenvalue weighted by Gasteiger charge is 2.10. The van der Waals surface area contributed by atoms with Gasteiger partial charge >= 0.3 is 0 Å². The van der Waals surface area contributed by atoms with Crippen LogP contribution < -0.4 is 9.86 Å². The second-order valence-electron chi connectivity index (χ2n) is 2.94. The first-order valence-electron chi connectivity index (χ1n) is 3.94. The molecule has 4 nitrogen and oxygen atoms in total. The topological polar surface area (TPSA) is 72.2 Å². The van der Waals surface area contributed by atoms with E-state index in [9.17, 15) is 8.42 Å². The van der Waals surface area contributed by atoms with E-state index in [0.717, 1.165) is 5.56 Å². The Kier molecular flexibility index (Phi) is 3.49. The molecule has 1 aromatic carbocycles. The van der Waals surface area contributed by atoms with Gasteiger partial charge in [0.05, 0.1) is 0 Å². The molecular formula is C8H11ClN2O2S. The predicted octanol–water partition coefficient (Wildman–Crippen LogP) is 1.19. The van der Waals surface area contributed by atoms with Crippen molar-refractivity contribution in [2.45, 2.75) is 13.0 Å². The second kappa shape index (κ2) is 4.27. The van der Waals surface area contributed by atoms with Crippen molar-refractivity contribution in [2.24, 2.45) is 5.14 Å². The first-order valence-corrected chi connectivity index (χ1v) is 5.86. The van der Waals surface area contributed by atoms with Crippen molar-refractivity contribution >= 4 is 21.8 Å². The second-order valence-corrected chi connectivity index (χ2v) is 4.70. The highest BCUT2D eigenvalue weighted by atomic mass is 35.5. The van der Waals surface area contributed by atoms with Crippen molar-refractivity contribution in [3.05, 3.63) is 34.9 Å². The summed E-state index contributed by atoms with van der Waals surface area (Å²) < 4.78 is 23.7. The predicted molar refractivity (Wildman–Crippen MR) is 56.1 cm³/mol. The molecule has 6 heteroatoms. The first-order chi connectivity index (χ1) is 6.38. The minimum atomic E-state index is -3.66. The molecule has 3 N–H and O–H groups in total. The van der Waals surface area contributed by atoms with Crippen LogP contribution in [0.1, 0.15) is 18.5 Å².